The largest absolute Gasteiger partial charge is 0.496 e. The van der Waals surface area contributed by atoms with Crippen LogP contribution in [0.15, 0.2) is 24.3 Å². The maximum atomic E-state index is 12.2. The standard InChI is InChI=1S/C15H22N2O2.ClH/c1-11(13-5-3-4-6-14(13)19-2)9-15(18)17-8-7-12(16)10-17;/h3-6,11-12H,7-10,16H2,1-2H3;1H/t11?,12-;/m1./s1. The minimum absolute atomic E-state index is 0. The summed E-state index contributed by atoms with van der Waals surface area (Å²) in [5, 5.41) is 0. The second-order valence-electron chi connectivity index (χ2n) is 5.24. The van der Waals surface area contributed by atoms with E-state index in [9.17, 15) is 4.79 Å². The molecule has 1 aliphatic rings. The van der Waals surface area contributed by atoms with E-state index in [0.717, 1.165) is 24.3 Å². The molecule has 112 valence electrons. The molecule has 0 spiro atoms. The van der Waals surface area contributed by atoms with Gasteiger partial charge < -0.3 is 15.4 Å². The lowest BCUT2D eigenvalue weighted by molar-refractivity contribution is -0.130. The Hall–Kier alpha value is -1.26. The number of carbonyl (C=O) groups is 1. The third-order valence-corrected chi connectivity index (χ3v) is 3.73. The lowest BCUT2D eigenvalue weighted by Crippen LogP contribution is -2.32. The number of hydrogen-bond donors (Lipinski definition) is 1. The molecule has 20 heavy (non-hydrogen) atoms. The fourth-order valence-electron chi connectivity index (χ4n) is 2.59. The number of hydrogen-bond acceptors (Lipinski definition) is 3. The Bertz CT molecular complexity index is 453. The van der Waals surface area contributed by atoms with Crippen LogP contribution in [0.4, 0.5) is 0 Å². The fraction of sp³-hybridized carbons (Fsp3) is 0.533. The highest BCUT2D eigenvalue weighted by Crippen LogP contribution is 2.29. The zero-order chi connectivity index (χ0) is 13.8. The van der Waals surface area contributed by atoms with Crippen molar-refractivity contribution >= 4 is 18.3 Å². The first-order chi connectivity index (χ1) is 9.11. The van der Waals surface area contributed by atoms with Crippen LogP contribution in [0.1, 0.15) is 31.2 Å². The van der Waals surface area contributed by atoms with E-state index in [4.69, 9.17) is 10.5 Å². The highest BCUT2D eigenvalue weighted by atomic mass is 35.5. The number of carbonyl (C=O) groups excluding carboxylic acids is 1. The Balaban J connectivity index is 0.00000200. The minimum atomic E-state index is 0. The van der Waals surface area contributed by atoms with E-state index in [0.29, 0.717) is 13.0 Å². The summed E-state index contributed by atoms with van der Waals surface area (Å²) in [6, 6.07) is 8.01. The van der Waals surface area contributed by atoms with Gasteiger partial charge in [-0.15, -0.1) is 12.4 Å². The Labute approximate surface area is 126 Å². The number of likely N-dealkylation sites (tertiary alicyclic amines) is 1. The molecule has 0 saturated carbocycles. The lowest BCUT2D eigenvalue weighted by Gasteiger charge is -2.20. The van der Waals surface area contributed by atoms with Gasteiger partial charge in [-0.3, -0.25) is 4.79 Å². The quantitative estimate of drug-likeness (QED) is 0.927. The van der Waals surface area contributed by atoms with Crippen LogP contribution in [0.2, 0.25) is 0 Å². The van der Waals surface area contributed by atoms with E-state index in [-0.39, 0.29) is 30.3 Å². The Kier molecular flexibility index (Phi) is 6.30. The molecular formula is C15H23ClN2O2. The van der Waals surface area contributed by atoms with E-state index >= 15 is 0 Å². The second-order valence-corrected chi connectivity index (χ2v) is 5.24. The smallest absolute Gasteiger partial charge is 0.223 e. The summed E-state index contributed by atoms with van der Waals surface area (Å²) in [7, 11) is 1.66. The van der Waals surface area contributed by atoms with E-state index in [2.05, 4.69) is 6.92 Å². The molecule has 0 aromatic heterocycles. The van der Waals surface area contributed by atoms with Crippen LogP contribution in [0.3, 0.4) is 0 Å². The molecule has 1 saturated heterocycles. The molecule has 1 heterocycles. The molecule has 0 bridgehead atoms. The van der Waals surface area contributed by atoms with Gasteiger partial charge >= 0.3 is 0 Å². The Morgan fingerprint density at radius 1 is 1.50 bits per heavy atom. The van der Waals surface area contributed by atoms with Crippen molar-refractivity contribution in [2.75, 3.05) is 20.2 Å². The maximum Gasteiger partial charge on any atom is 0.223 e. The van der Waals surface area contributed by atoms with Crippen molar-refractivity contribution in [3.63, 3.8) is 0 Å². The van der Waals surface area contributed by atoms with Gasteiger partial charge in [0, 0.05) is 25.6 Å². The molecule has 1 aromatic carbocycles. The van der Waals surface area contributed by atoms with Crippen molar-refractivity contribution in [2.45, 2.75) is 31.7 Å². The molecule has 2 rings (SSSR count). The van der Waals surface area contributed by atoms with E-state index in [1.54, 1.807) is 7.11 Å². The summed E-state index contributed by atoms with van der Waals surface area (Å²) >= 11 is 0. The van der Waals surface area contributed by atoms with Crippen LogP contribution in [0.25, 0.3) is 0 Å². The molecule has 2 atom stereocenters. The Morgan fingerprint density at radius 3 is 2.80 bits per heavy atom. The fourth-order valence-corrected chi connectivity index (χ4v) is 2.59. The Morgan fingerprint density at radius 2 is 2.20 bits per heavy atom. The van der Waals surface area contributed by atoms with Gasteiger partial charge in [0.25, 0.3) is 0 Å². The van der Waals surface area contributed by atoms with Gasteiger partial charge in [0.1, 0.15) is 5.75 Å². The van der Waals surface area contributed by atoms with Gasteiger partial charge in [0.2, 0.25) is 5.91 Å². The number of methoxy groups -OCH3 is 1. The molecular weight excluding hydrogens is 276 g/mol. The topological polar surface area (TPSA) is 55.6 Å². The average Bonchev–Trinajstić information content (AvgIpc) is 2.85. The predicted molar refractivity (Wildman–Crippen MR) is 82.4 cm³/mol. The third kappa shape index (κ3) is 3.87. The number of halogens is 1. The zero-order valence-electron chi connectivity index (χ0n) is 12.0. The molecule has 1 fully saturated rings. The number of nitrogens with two attached hydrogens (primary N) is 1. The zero-order valence-corrected chi connectivity index (χ0v) is 12.9. The summed E-state index contributed by atoms with van der Waals surface area (Å²) < 4.78 is 5.35. The van der Waals surface area contributed by atoms with Gasteiger partial charge in [-0.1, -0.05) is 25.1 Å². The van der Waals surface area contributed by atoms with Crippen molar-refractivity contribution < 1.29 is 9.53 Å². The van der Waals surface area contributed by atoms with E-state index < -0.39 is 0 Å². The van der Waals surface area contributed by atoms with Crippen LogP contribution in [0, 0.1) is 0 Å². The molecule has 1 unspecified atom stereocenters. The lowest BCUT2D eigenvalue weighted by atomic mass is 9.96. The predicted octanol–water partition coefficient (Wildman–Crippen LogP) is 2.17. The van der Waals surface area contributed by atoms with Gasteiger partial charge in [-0.25, -0.2) is 0 Å². The molecule has 1 amide bonds. The molecule has 4 nitrogen and oxygen atoms in total. The van der Waals surface area contributed by atoms with Gasteiger partial charge in [0.15, 0.2) is 0 Å². The van der Waals surface area contributed by atoms with Crippen LogP contribution < -0.4 is 10.5 Å². The summed E-state index contributed by atoms with van der Waals surface area (Å²) in [5.74, 6) is 1.19. The van der Waals surface area contributed by atoms with Crippen LogP contribution in [-0.2, 0) is 4.79 Å². The number of rotatable bonds is 4. The summed E-state index contributed by atoms with van der Waals surface area (Å²) in [6.45, 7) is 3.54. The number of nitrogens with zero attached hydrogens (tertiary/aromatic N) is 1. The molecule has 1 aliphatic heterocycles. The summed E-state index contributed by atoms with van der Waals surface area (Å²) in [4.78, 5) is 14.1. The van der Waals surface area contributed by atoms with Gasteiger partial charge in [0.05, 0.1) is 7.11 Å². The van der Waals surface area contributed by atoms with Crippen molar-refractivity contribution in [3.8, 4) is 5.75 Å². The number of benzene rings is 1. The summed E-state index contributed by atoms with van der Waals surface area (Å²) in [5.41, 5.74) is 6.92. The van der Waals surface area contributed by atoms with Gasteiger partial charge in [-0.05, 0) is 24.0 Å². The number of ether oxygens (including phenoxy) is 1. The molecule has 0 aliphatic carbocycles. The minimum Gasteiger partial charge on any atom is -0.496 e. The first kappa shape index (κ1) is 16.8. The van der Waals surface area contributed by atoms with Crippen molar-refractivity contribution in [1.82, 2.24) is 4.90 Å². The highest BCUT2D eigenvalue weighted by Gasteiger charge is 2.25. The summed E-state index contributed by atoms with van der Waals surface area (Å²) in [6.07, 6.45) is 1.42. The molecule has 5 heteroatoms. The molecule has 1 aromatic rings. The first-order valence-corrected chi connectivity index (χ1v) is 6.78. The van der Waals surface area contributed by atoms with Crippen LogP contribution in [0.5, 0.6) is 5.75 Å². The number of para-hydroxylation sites is 1. The first-order valence-electron chi connectivity index (χ1n) is 6.78. The highest BCUT2D eigenvalue weighted by molar-refractivity contribution is 5.85. The average molecular weight is 299 g/mol. The SMILES string of the molecule is COc1ccccc1C(C)CC(=O)N1CC[C@@H](N)C1.Cl. The molecule has 2 N–H and O–H groups in total. The third-order valence-electron chi connectivity index (χ3n) is 3.73. The maximum absolute atomic E-state index is 12.2. The van der Waals surface area contributed by atoms with Crippen LogP contribution in [-0.4, -0.2) is 37.0 Å². The van der Waals surface area contributed by atoms with Crippen LogP contribution >= 0.6 is 12.4 Å². The van der Waals surface area contributed by atoms with E-state index in [1.165, 1.54) is 0 Å². The van der Waals surface area contributed by atoms with Crippen molar-refractivity contribution in [1.29, 1.82) is 0 Å². The van der Waals surface area contributed by atoms with Crippen molar-refractivity contribution in [2.24, 2.45) is 5.73 Å². The number of amides is 1. The molecule has 0 radical (unpaired) electrons. The van der Waals surface area contributed by atoms with E-state index in [1.807, 2.05) is 29.2 Å². The monoisotopic (exact) mass is 298 g/mol. The second kappa shape index (κ2) is 7.50. The van der Waals surface area contributed by atoms with Crippen molar-refractivity contribution in [3.05, 3.63) is 29.8 Å². The van der Waals surface area contributed by atoms with Gasteiger partial charge in [-0.2, -0.15) is 0 Å². The normalized spacial score (nSPS) is 19.4.